The molecular weight excluding hydrogens is 274 g/mol. The van der Waals surface area contributed by atoms with Gasteiger partial charge in [0.15, 0.2) is 0 Å². The predicted molar refractivity (Wildman–Crippen MR) is 77.4 cm³/mol. The van der Waals surface area contributed by atoms with Crippen LogP contribution in [-0.4, -0.2) is 16.0 Å². The first-order valence-electron chi connectivity index (χ1n) is 6.65. The van der Waals surface area contributed by atoms with E-state index in [0.717, 1.165) is 28.6 Å². The normalized spacial score (nSPS) is 11.0. The molecule has 20 heavy (non-hydrogen) atoms. The van der Waals surface area contributed by atoms with E-state index in [1.807, 2.05) is 18.4 Å². The maximum atomic E-state index is 11.8. The van der Waals surface area contributed by atoms with E-state index in [4.69, 9.17) is 4.52 Å². The van der Waals surface area contributed by atoms with Crippen LogP contribution < -0.4 is 5.32 Å². The SMILES string of the molecule is Cc1nc(CC(=O)NCc2cc(CC(C)C)on2)cs1. The van der Waals surface area contributed by atoms with E-state index in [1.165, 1.54) is 0 Å². The summed E-state index contributed by atoms with van der Waals surface area (Å²) in [6, 6.07) is 1.90. The molecule has 0 aromatic carbocycles. The standard InChI is InChI=1S/C14H19N3O2S/c1-9(2)4-13-5-11(17-19-13)7-15-14(18)6-12-8-20-10(3)16-12/h5,8-9H,4,6-7H2,1-3H3,(H,15,18). The summed E-state index contributed by atoms with van der Waals surface area (Å²) in [6.07, 6.45) is 1.17. The number of nitrogens with zero attached hydrogens (tertiary/aromatic N) is 2. The molecule has 0 aliphatic rings. The fourth-order valence-corrected chi connectivity index (χ4v) is 2.46. The van der Waals surface area contributed by atoms with Crippen molar-refractivity contribution in [2.24, 2.45) is 5.92 Å². The van der Waals surface area contributed by atoms with E-state index in [9.17, 15) is 4.79 Å². The Bertz CT molecular complexity index is 574. The minimum atomic E-state index is -0.0521. The number of thiazole rings is 1. The third-order valence-corrected chi connectivity index (χ3v) is 3.51. The van der Waals surface area contributed by atoms with Gasteiger partial charge in [-0.25, -0.2) is 4.98 Å². The van der Waals surface area contributed by atoms with E-state index in [2.05, 4.69) is 29.3 Å². The third kappa shape index (κ3) is 4.45. The Morgan fingerprint density at radius 1 is 1.45 bits per heavy atom. The highest BCUT2D eigenvalue weighted by Crippen LogP contribution is 2.10. The molecule has 2 aromatic rings. The van der Waals surface area contributed by atoms with Crippen molar-refractivity contribution >= 4 is 17.2 Å². The fourth-order valence-electron chi connectivity index (χ4n) is 1.84. The van der Waals surface area contributed by atoms with Crippen LogP contribution in [0.15, 0.2) is 16.0 Å². The lowest BCUT2D eigenvalue weighted by Crippen LogP contribution is -2.24. The number of aryl methyl sites for hydroxylation is 1. The van der Waals surface area contributed by atoms with Gasteiger partial charge in [0, 0.05) is 17.9 Å². The average Bonchev–Trinajstić information content (AvgIpc) is 2.96. The molecule has 0 atom stereocenters. The van der Waals surface area contributed by atoms with E-state index in [1.54, 1.807) is 11.3 Å². The van der Waals surface area contributed by atoms with Gasteiger partial charge < -0.3 is 9.84 Å². The maximum absolute atomic E-state index is 11.8. The van der Waals surface area contributed by atoms with E-state index >= 15 is 0 Å². The number of aromatic nitrogens is 2. The lowest BCUT2D eigenvalue weighted by atomic mass is 10.1. The number of hydrogen-bond acceptors (Lipinski definition) is 5. The summed E-state index contributed by atoms with van der Waals surface area (Å²) in [5.41, 5.74) is 1.56. The number of nitrogens with one attached hydrogen (secondary N) is 1. The summed E-state index contributed by atoms with van der Waals surface area (Å²) in [6.45, 7) is 6.57. The van der Waals surface area contributed by atoms with Crippen molar-refractivity contribution in [1.82, 2.24) is 15.5 Å². The molecule has 0 radical (unpaired) electrons. The molecule has 0 unspecified atom stereocenters. The smallest absolute Gasteiger partial charge is 0.226 e. The monoisotopic (exact) mass is 293 g/mol. The van der Waals surface area contributed by atoms with Crippen LogP contribution in [0.1, 0.15) is 36.0 Å². The van der Waals surface area contributed by atoms with Crippen LogP contribution in [0, 0.1) is 12.8 Å². The summed E-state index contributed by atoms with van der Waals surface area (Å²) in [4.78, 5) is 16.0. The molecule has 0 saturated carbocycles. The van der Waals surface area contributed by atoms with Gasteiger partial charge in [-0.15, -0.1) is 11.3 Å². The quantitative estimate of drug-likeness (QED) is 0.888. The second-order valence-corrected chi connectivity index (χ2v) is 6.26. The van der Waals surface area contributed by atoms with Gasteiger partial charge in [-0.1, -0.05) is 19.0 Å². The Labute approximate surface area is 122 Å². The molecule has 0 aliphatic carbocycles. The van der Waals surface area contributed by atoms with Crippen LogP contribution in [0.2, 0.25) is 0 Å². The predicted octanol–water partition coefficient (Wildman–Crippen LogP) is 2.50. The molecule has 0 fully saturated rings. The number of rotatable bonds is 6. The Kier molecular flexibility index (Phi) is 4.89. The fraction of sp³-hybridized carbons (Fsp3) is 0.500. The molecule has 1 amide bonds. The topological polar surface area (TPSA) is 68.0 Å². The number of hydrogen-bond donors (Lipinski definition) is 1. The molecule has 0 spiro atoms. The van der Waals surface area contributed by atoms with E-state index in [-0.39, 0.29) is 5.91 Å². The van der Waals surface area contributed by atoms with Crippen LogP contribution in [0.3, 0.4) is 0 Å². The number of carbonyl (C=O) groups is 1. The maximum Gasteiger partial charge on any atom is 0.226 e. The van der Waals surface area contributed by atoms with Crippen molar-refractivity contribution in [3.8, 4) is 0 Å². The van der Waals surface area contributed by atoms with Gasteiger partial charge in [0.05, 0.1) is 23.7 Å². The van der Waals surface area contributed by atoms with Gasteiger partial charge in [0.2, 0.25) is 5.91 Å². The number of amides is 1. The van der Waals surface area contributed by atoms with Crippen molar-refractivity contribution in [2.45, 2.75) is 40.2 Å². The molecule has 1 N–H and O–H groups in total. The minimum absolute atomic E-state index is 0.0521. The summed E-state index contributed by atoms with van der Waals surface area (Å²) < 4.78 is 5.22. The van der Waals surface area contributed by atoms with E-state index < -0.39 is 0 Å². The van der Waals surface area contributed by atoms with Crippen molar-refractivity contribution in [2.75, 3.05) is 0 Å². The molecule has 2 rings (SSSR count). The Morgan fingerprint density at radius 3 is 2.90 bits per heavy atom. The highest BCUT2D eigenvalue weighted by atomic mass is 32.1. The first-order valence-corrected chi connectivity index (χ1v) is 7.53. The highest BCUT2D eigenvalue weighted by Gasteiger charge is 2.09. The Hall–Kier alpha value is -1.69. The first-order chi connectivity index (χ1) is 9.52. The van der Waals surface area contributed by atoms with E-state index in [0.29, 0.717) is 18.9 Å². The van der Waals surface area contributed by atoms with Gasteiger partial charge in [-0.3, -0.25) is 4.79 Å². The number of carbonyl (C=O) groups excluding carboxylic acids is 1. The zero-order chi connectivity index (χ0) is 14.5. The third-order valence-electron chi connectivity index (χ3n) is 2.69. The highest BCUT2D eigenvalue weighted by molar-refractivity contribution is 7.09. The second kappa shape index (κ2) is 6.65. The van der Waals surface area contributed by atoms with Gasteiger partial charge in [0.1, 0.15) is 11.5 Å². The van der Waals surface area contributed by atoms with Crippen LogP contribution in [0.25, 0.3) is 0 Å². The zero-order valence-electron chi connectivity index (χ0n) is 12.0. The van der Waals surface area contributed by atoms with Crippen LogP contribution in [0.5, 0.6) is 0 Å². The van der Waals surface area contributed by atoms with Crippen molar-refractivity contribution < 1.29 is 9.32 Å². The first kappa shape index (κ1) is 14.7. The van der Waals surface area contributed by atoms with Gasteiger partial charge in [-0.05, 0) is 12.8 Å². The molecule has 0 aliphatic heterocycles. The molecule has 6 heteroatoms. The Morgan fingerprint density at radius 2 is 2.25 bits per heavy atom. The lowest BCUT2D eigenvalue weighted by molar-refractivity contribution is -0.120. The molecule has 2 aromatic heterocycles. The minimum Gasteiger partial charge on any atom is -0.361 e. The molecule has 108 valence electrons. The van der Waals surface area contributed by atoms with Gasteiger partial charge in [-0.2, -0.15) is 0 Å². The summed E-state index contributed by atoms with van der Waals surface area (Å²) in [5, 5.41) is 9.66. The van der Waals surface area contributed by atoms with Crippen molar-refractivity contribution in [1.29, 1.82) is 0 Å². The molecule has 0 saturated heterocycles. The Balaban J connectivity index is 1.79. The van der Waals surface area contributed by atoms with Crippen LogP contribution in [0.4, 0.5) is 0 Å². The van der Waals surface area contributed by atoms with Crippen LogP contribution >= 0.6 is 11.3 Å². The van der Waals surface area contributed by atoms with Gasteiger partial charge >= 0.3 is 0 Å². The van der Waals surface area contributed by atoms with Gasteiger partial charge in [0.25, 0.3) is 0 Å². The summed E-state index contributed by atoms with van der Waals surface area (Å²) >= 11 is 1.55. The lowest BCUT2D eigenvalue weighted by Gasteiger charge is -2.00. The molecule has 5 nitrogen and oxygen atoms in total. The average molecular weight is 293 g/mol. The summed E-state index contributed by atoms with van der Waals surface area (Å²) in [5.74, 6) is 1.33. The zero-order valence-corrected chi connectivity index (χ0v) is 12.8. The largest absolute Gasteiger partial charge is 0.361 e. The molecule has 2 heterocycles. The second-order valence-electron chi connectivity index (χ2n) is 5.19. The van der Waals surface area contributed by atoms with Crippen LogP contribution in [-0.2, 0) is 24.2 Å². The van der Waals surface area contributed by atoms with Crippen molar-refractivity contribution in [3.63, 3.8) is 0 Å². The molecule has 0 bridgehead atoms. The van der Waals surface area contributed by atoms with Crippen molar-refractivity contribution in [3.05, 3.63) is 33.6 Å². The molecular formula is C14H19N3O2S. The summed E-state index contributed by atoms with van der Waals surface area (Å²) in [7, 11) is 0.